The molecule has 2 heteroatoms. The molecule has 0 spiro atoms. The molecule has 0 unspecified atom stereocenters. The Morgan fingerprint density at radius 1 is 1.47 bits per heavy atom. The Morgan fingerprint density at radius 2 is 2.13 bits per heavy atom. The van der Waals surface area contributed by atoms with Gasteiger partial charge in [0.15, 0.2) is 0 Å². The van der Waals surface area contributed by atoms with Gasteiger partial charge in [-0.25, -0.2) is 0 Å². The first-order chi connectivity index (χ1) is 7.04. The molecule has 0 saturated heterocycles. The molecule has 1 aromatic rings. The number of aliphatic hydroxyl groups is 1. The van der Waals surface area contributed by atoms with Crippen molar-refractivity contribution >= 4 is 0 Å². The molecule has 82 valence electrons. The van der Waals surface area contributed by atoms with Crippen LogP contribution in [0, 0.1) is 0 Å². The maximum absolute atomic E-state index is 9.11. The van der Waals surface area contributed by atoms with Crippen LogP contribution < -0.4 is 4.74 Å². The Hall–Kier alpha value is -1.44. The molecule has 0 bridgehead atoms. The second-order valence-electron chi connectivity index (χ2n) is 3.97. The van der Waals surface area contributed by atoms with Gasteiger partial charge in [-0.2, -0.15) is 0 Å². The highest BCUT2D eigenvalue weighted by molar-refractivity contribution is 5.40. The first-order valence-corrected chi connectivity index (χ1v) is 5.08. The number of rotatable bonds is 4. The molecule has 0 heterocycles. The van der Waals surface area contributed by atoms with Gasteiger partial charge in [0.25, 0.3) is 0 Å². The molecule has 1 aromatic carbocycles. The van der Waals surface area contributed by atoms with Gasteiger partial charge in [-0.3, -0.25) is 0 Å². The van der Waals surface area contributed by atoms with Gasteiger partial charge in [0.1, 0.15) is 5.75 Å². The van der Waals surface area contributed by atoms with Gasteiger partial charge in [0.2, 0.25) is 0 Å². The van der Waals surface area contributed by atoms with Crippen LogP contribution in [0.4, 0.5) is 0 Å². The third kappa shape index (κ3) is 3.01. The zero-order chi connectivity index (χ0) is 11.4. The molecule has 0 aliphatic carbocycles. The number of ether oxygens (including phenoxy) is 1. The van der Waals surface area contributed by atoms with Gasteiger partial charge < -0.3 is 9.84 Å². The van der Waals surface area contributed by atoms with Crippen LogP contribution in [-0.4, -0.2) is 12.2 Å². The summed E-state index contributed by atoms with van der Waals surface area (Å²) in [5, 5.41) is 9.11. The number of allylic oxidation sites excluding steroid dienone is 1. The molecule has 0 aliphatic rings. The molecule has 0 radical (unpaired) electrons. The summed E-state index contributed by atoms with van der Waals surface area (Å²) in [6.45, 7) is 7.73. The highest BCUT2D eigenvalue weighted by Gasteiger charge is 2.08. The quantitative estimate of drug-likeness (QED) is 0.765. The van der Waals surface area contributed by atoms with Crippen molar-refractivity contribution in [3.05, 3.63) is 41.7 Å². The van der Waals surface area contributed by atoms with Crippen LogP contribution in [0.5, 0.6) is 5.75 Å². The Balaban J connectivity index is 3.02. The largest absolute Gasteiger partial charge is 0.513 e. The van der Waals surface area contributed by atoms with E-state index in [1.165, 1.54) is 5.56 Å². The molecule has 0 atom stereocenters. The zero-order valence-electron chi connectivity index (χ0n) is 9.58. The van der Waals surface area contributed by atoms with E-state index in [2.05, 4.69) is 20.4 Å². The van der Waals surface area contributed by atoms with Crippen molar-refractivity contribution < 1.29 is 9.84 Å². The first kappa shape index (κ1) is 11.6. The van der Waals surface area contributed by atoms with Gasteiger partial charge in [0.05, 0.1) is 12.9 Å². The van der Waals surface area contributed by atoms with Gasteiger partial charge in [-0.1, -0.05) is 32.6 Å². The Morgan fingerprint density at radius 3 is 2.60 bits per heavy atom. The lowest BCUT2D eigenvalue weighted by molar-refractivity contribution is 0.398. The fourth-order valence-electron chi connectivity index (χ4n) is 1.58. The second-order valence-corrected chi connectivity index (χ2v) is 3.97. The summed E-state index contributed by atoms with van der Waals surface area (Å²) < 4.78 is 5.32. The molecule has 1 N–H and O–H groups in total. The van der Waals surface area contributed by atoms with Crippen molar-refractivity contribution in [3.8, 4) is 5.75 Å². The van der Waals surface area contributed by atoms with Gasteiger partial charge in [-0.15, -0.1) is 0 Å². The van der Waals surface area contributed by atoms with E-state index in [0.717, 1.165) is 11.3 Å². The van der Waals surface area contributed by atoms with Crippen LogP contribution in [0.1, 0.15) is 30.9 Å². The molecule has 0 aromatic heterocycles. The third-order valence-electron chi connectivity index (χ3n) is 2.33. The van der Waals surface area contributed by atoms with Crippen LogP contribution in [-0.2, 0) is 6.42 Å². The molecule has 0 fully saturated rings. The third-order valence-corrected chi connectivity index (χ3v) is 2.33. The van der Waals surface area contributed by atoms with E-state index < -0.39 is 0 Å². The van der Waals surface area contributed by atoms with Crippen LogP contribution in [0.2, 0.25) is 0 Å². The van der Waals surface area contributed by atoms with Crippen molar-refractivity contribution in [2.45, 2.75) is 26.2 Å². The van der Waals surface area contributed by atoms with E-state index in [0.29, 0.717) is 12.3 Å². The normalized spacial score (nSPS) is 10.4. The van der Waals surface area contributed by atoms with Crippen molar-refractivity contribution in [2.24, 2.45) is 0 Å². The molecular weight excluding hydrogens is 188 g/mol. The summed E-state index contributed by atoms with van der Waals surface area (Å²) in [5.74, 6) is 1.49. The van der Waals surface area contributed by atoms with Gasteiger partial charge >= 0.3 is 0 Å². The smallest absolute Gasteiger partial charge is 0.122 e. The number of hydrogen-bond acceptors (Lipinski definition) is 2. The first-order valence-electron chi connectivity index (χ1n) is 5.08. The predicted octanol–water partition coefficient (Wildman–Crippen LogP) is 3.43. The fourth-order valence-corrected chi connectivity index (χ4v) is 1.58. The van der Waals surface area contributed by atoms with Crippen LogP contribution in [0.3, 0.4) is 0 Å². The summed E-state index contributed by atoms with van der Waals surface area (Å²) in [6.07, 6.45) is 0.481. The fraction of sp³-hybridized carbons (Fsp3) is 0.385. The molecule has 1 rings (SSSR count). The average Bonchev–Trinajstić information content (AvgIpc) is 2.16. The Kier molecular flexibility index (Phi) is 3.78. The minimum absolute atomic E-state index is 0.175. The molecule has 0 saturated carbocycles. The summed E-state index contributed by atoms with van der Waals surface area (Å²) in [5.41, 5.74) is 2.20. The standard InChI is InChI=1S/C13H18O2/c1-9(2)12-6-5-11(7-10(3)14)8-13(12)15-4/h5-6,8-9,14H,3,7H2,1-2,4H3. The Bertz CT molecular complexity index is 354. The lowest BCUT2D eigenvalue weighted by Crippen LogP contribution is -1.96. The van der Waals surface area contributed by atoms with E-state index in [1.807, 2.05) is 18.2 Å². The van der Waals surface area contributed by atoms with E-state index in [-0.39, 0.29) is 5.76 Å². The van der Waals surface area contributed by atoms with E-state index in [9.17, 15) is 0 Å². The summed E-state index contributed by atoms with van der Waals surface area (Å²) in [6, 6.07) is 6.00. The number of aliphatic hydroxyl groups excluding tert-OH is 1. The molecule has 2 nitrogen and oxygen atoms in total. The summed E-state index contributed by atoms with van der Waals surface area (Å²) in [7, 11) is 1.67. The average molecular weight is 206 g/mol. The van der Waals surface area contributed by atoms with Crippen LogP contribution in [0.25, 0.3) is 0 Å². The molecule has 0 aliphatic heterocycles. The second kappa shape index (κ2) is 4.87. The maximum atomic E-state index is 9.11. The number of methoxy groups -OCH3 is 1. The number of hydrogen-bond donors (Lipinski definition) is 1. The van der Waals surface area contributed by atoms with E-state index in [1.54, 1.807) is 7.11 Å². The Labute approximate surface area is 91.2 Å². The monoisotopic (exact) mass is 206 g/mol. The lowest BCUT2D eigenvalue weighted by atomic mass is 9.99. The topological polar surface area (TPSA) is 29.5 Å². The van der Waals surface area contributed by atoms with Crippen molar-refractivity contribution in [1.82, 2.24) is 0 Å². The van der Waals surface area contributed by atoms with Crippen molar-refractivity contribution in [1.29, 1.82) is 0 Å². The lowest BCUT2D eigenvalue weighted by Gasteiger charge is -2.13. The summed E-state index contributed by atoms with van der Waals surface area (Å²) in [4.78, 5) is 0. The van der Waals surface area contributed by atoms with Crippen molar-refractivity contribution in [3.63, 3.8) is 0 Å². The molecular formula is C13H18O2. The van der Waals surface area contributed by atoms with E-state index in [4.69, 9.17) is 9.84 Å². The number of benzene rings is 1. The van der Waals surface area contributed by atoms with Crippen molar-refractivity contribution in [2.75, 3.05) is 7.11 Å². The minimum Gasteiger partial charge on any atom is -0.513 e. The molecule has 15 heavy (non-hydrogen) atoms. The highest BCUT2D eigenvalue weighted by Crippen LogP contribution is 2.27. The zero-order valence-corrected chi connectivity index (χ0v) is 9.58. The minimum atomic E-state index is 0.175. The maximum Gasteiger partial charge on any atom is 0.122 e. The summed E-state index contributed by atoms with van der Waals surface area (Å²) >= 11 is 0. The van der Waals surface area contributed by atoms with Gasteiger partial charge in [-0.05, 0) is 23.1 Å². The highest BCUT2D eigenvalue weighted by atomic mass is 16.5. The van der Waals surface area contributed by atoms with Gasteiger partial charge in [0, 0.05) is 6.42 Å². The van der Waals surface area contributed by atoms with E-state index >= 15 is 0 Å². The predicted molar refractivity (Wildman–Crippen MR) is 62.6 cm³/mol. The molecule has 0 amide bonds. The SMILES string of the molecule is C=C(O)Cc1ccc(C(C)C)c(OC)c1. The van der Waals surface area contributed by atoms with Crippen LogP contribution in [0.15, 0.2) is 30.5 Å². The van der Waals surface area contributed by atoms with Crippen LogP contribution >= 0.6 is 0 Å².